The summed E-state index contributed by atoms with van der Waals surface area (Å²) in [6, 6.07) is 0. The van der Waals surface area contributed by atoms with Crippen LogP contribution in [-0.2, 0) is 0 Å². The van der Waals surface area contributed by atoms with Crippen molar-refractivity contribution in [3.05, 3.63) is 0 Å². The second kappa shape index (κ2) is 5.45. The highest BCUT2D eigenvalue weighted by molar-refractivity contribution is 7.99. The van der Waals surface area contributed by atoms with E-state index in [0.717, 1.165) is 6.54 Å². The maximum absolute atomic E-state index is 4.16. The summed E-state index contributed by atoms with van der Waals surface area (Å²) in [6.07, 6.45) is 2.47. The summed E-state index contributed by atoms with van der Waals surface area (Å²) in [6.45, 7) is 3.27. The van der Waals surface area contributed by atoms with Gasteiger partial charge in [-0.3, -0.25) is 4.90 Å². The van der Waals surface area contributed by atoms with E-state index in [1.54, 1.807) is 0 Å². The van der Waals surface area contributed by atoms with Gasteiger partial charge in [-0.1, -0.05) is 13.3 Å². The Hall–Kier alpha value is 0.660. The van der Waals surface area contributed by atoms with Gasteiger partial charge in [0.15, 0.2) is 0 Å². The van der Waals surface area contributed by atoms with Crippen molar-refractivity contribution < 1.29 is 0 Å². The first-order chi connectivity index (χ1) is 4.18. The second-order valence-corrected chi connectivity index (χ2v) is 3.57. The van der Waals surface area contributed by atoms with Gasteiger partial charge in [-0.2, -0.15) is 0 Å². The minimum atomic E-state index is 0.0940. The average Bonchev–Trinajstić information content (AvgIpc) is 1.82. The standard InChI is InChI=1S/C6H15NS2/c1-3-4-5-7(2)6(8)9/h6,8-9H,3-5H2,1-2H3. The molecule has 0 spiro atoms. The number of unbranched alkanes of at least 4 members (excludes halogenated alkanes) is 1. The molecule has 0 rings (SSSR count). The zero-order chi connectivity index (χ0) is 7.28. The average molecular weight is 165 g/mol. The molecule has 0 aromatic heterocycles. The molecule has 0 radical (unpaired) electrons. The van der Waals surface area contributed by atoms with Gasteiger partial charge in [0.1, 0.15) is 0 Å². The molecule has 0 aromatic rings. The molecule has 0 atom stereocenters. The predicted molar refractivity (Wildman–Crippen MR) is 49.3 cm³/mol. The molecule has 0 N–H and O–H groups in total. The molecule has 0 saturated carbocycles. The number of hydrogen-bond acceptors (Lipinski definition) is 3. The third-order valence-electron chi connectivity index (χ3n) is 1.26. The van der Waals surface area contributed by atoms with Gasteiger partial charge < -0.3 is 0 Å². The predicted octanol–water partition coefficient (Wildman–Crippen LogP) is 1.86. The quantitative estimate of drug-likeness (QED) is 0.475. The first kappa shape index (κ1) is 9.66. The van der Waals surface area contributed by atoms with E-state index in [0.29, 0.717) is 0 Å². The summed E-state index contributed by atoms with van der Waals surface area (Å²) in [5, 5.41) is 0. The molecule has 3 heteroatoms. The fourth-order valence-electron chi connectivity index (χ4n) is 0.523. The van der Waals surface area contributed by atoms with Crippen molar-refractivity contribution in [2.75, 3.05) is 13.6 Å². The van der Waals surface area contributed by atoms with Crippen molar-refractivity contribution in [1.29, 1.82) is 0 Å². The normalized spacial score (nSPS) is 11.3. The van der Waals surface area contributed by atoms with E-state index < -0.39 is 0 Å². The summed E-state index contributed by atoms with van der Waals surface area (Å²) in [7, 11) is 2.03. The summed E-state index contributed by atoms with van der Waals surface area (Å²) in [5.74, 6) is 0. The number of hydrogen-bond donors (Lipinski definition) is 2. The Labute approximate surface area is 68.6 Å². The smallest absolute Gasteiger partial charge is 0.0967 e. The lowest BCUT2D eigenvalue weighted by Gasteiger charge is -2.18. The van der Waals surface area contributed by atoms with Crippen molar-refractivity contribution >= 4 is 25.3 Å². The minimum absolute atomic E-state index is 0.0940. The second-order valence-electron chi connectivity index (χ2n) is 2.18. The molecule has 0 saturated heterocycles. The van der Waals surface area contributed by atoms with Crippen LogP contribution < -0.4 is 0 Å². The fraction of sp³-hybridized carbons (Fsp3) is 1.00. The molecule has 0 fully saturated rings. The maximum atomic E-state index is 4.16. The highest BCUT2D eigenvalue weighted by atomic mass is 32.2. The Morgan fingerprint density at radius 1 is 1.44 bits per heavy atom. The van der Waals surface area contributed by atoms with Crippen LogP contribution in [0.2, 0.25) is 0 Å². The Bertz CT molecular complexity index is 66.1. The minimum Gasteiger partial charge on any atom is -0.287 e. The van der Waals surface area contributed by atoms with Crippen LogP contribution in [0.25, 0.3) is 0 Å². The van der Waals surface area contributed by atoms with E-state index in [9.17, 15) is 0 Å². The van der Waals surface area contributed by atoms with Gasteiger partial charge in [0.25, 0.3) is 0 Å². The largest absolute Gasteiger partial charge is 0.287 e. The van der Waals surface area contributed by atoms with E-state index >= 15 is 0 Å². The molecule has 0 amide bonds. The maximum Gasteiger partial charge on any atom is 0.0967 e. The van der Waals surface area contributed by atoms with E-state index in [2.05, 4.69) is 37.1 Å². The van der Waals surface area contributed by atoms with Gasteiger partial charge in [-0.15, -0.1) is 25.3 Å². The van der Waals surface area contributed by atoms with Crippen LogP contribution in [-0.4, -0.2) is 23.2 Å². The lowest BCUT2D eigenvalue weighted by atomic mass is 10.3. The van der Waals surface area contributed by atoms with Crippen LogP contribution in [0, 0.1) is 0 Å². The van der Waals surface area contributed by atoms with Gasteiger partial charge in [0, 0.05) is 0 Å². The third-order valence-corrected chi connectivity index (χ3v) is 2.05. The van der Waals surface area contributed by atoms with Gasteiger partial charge in [0.05, 0.1) is 4.71 Å². The van der Waals surface area contributed by atoms with E-state index in [4.69, 9.17) is 0 Å². The van der Waals surface area contributed by atoms with Gasteiger partial charge in [-0.05, 0) is 20.0 Å². The molecular weight excluding hydrogens is 150 g/mol. The lowest BCUT2D eigenvalue weighted by molar-refractivity contribution is 0.367. The molecule has 1 nitrogen and oxygen atoms in total. The molecule has 0 heterocycles. The van der Waals surface area contributed by atoms with Crippen LogP contribution in [0.4, 0.5) is 0 Å². The van der Waals surface area contributed by atoms with Crippen LogP contribution >= 0.6 is 25.3 Å². The van der Waals surface area contributed by atoms with Crippen LogP contribution in [0.15, 0.2) is 0 Å². The Kier molecular flexibility index (Phi) is 5.84. The molecule has 0 aliphatic heterocycles. The van der Waals surface area contributed by atoms with Crippen molar-refractivity contribution in [3.63, 3.8) is 0 Å². The van der Waals surface area contributed by atoms with Crippen LogP contribution in [0.3, 0.4) is 0 Å². The van der Waals surface area contributed by atoms with E-state index in [1.165, 1.54) is 12.8 Å². The zero-order valence-corrected chi connectivity index (χ0v) is 7.83. The first-order valence-electron chi connectivity index (χ1n) is 3.25. The summed E-state index contributed by atoms with van der Waals surface area (Å²) < 4.78 is 0.0940. The topological polar surface area (TPSA) is 3.24 Å². The van der Waals surface area contributed by atoms with Crippen molar-refractivity contribution in [1.82, 2.24) is 4.90 Å². The molecule has 0 aromatic carbocycles. The Morgan fingerprint density at radius 2 is 2.00 bits per heavy atom. The third kappa shape index (κ3) is 5.12. The molecule has 56 valence electrons. The van der Waals surface area contributed by atoms with E-state index in [-0.39, 0.29) is 4.71 Å². The summed E-state index contributed by atoms with van der Waals surface area (Å²) in [4.78, 5) is 2.11. The number of rotatable bonds is 4. The molecule has 0 bridgehead atoms. The van der Waals surface area contributed by atoms with Crippen molar-refractivity contribution in [3.8, 4) is 0 Å². The monoisotopic (exact) mass is 165 g/mol. The number of nitrogens with zero attached hydrogens (tertiary/aromatic N) is 1. The van der Waals surface area contributed by atoms with E-state index in [1.807, 2.05) is 7.05 Å². The zero-order valence-electron chi connectivity index (χ0n) is 6.04. The van der Waals surface area contributed by atoms with Gasteiger partial charge >= 0.3 is 0 Å². The highest BCUT2D eigenvalue weighted by Gasteiger charge is 2.01. The SMILES string of the molecule is CCCCN(C)C(S)S. The molecule has 0 aliphatic carbocycles. The van der Waals surface area contributed by atoms with Crippen LogP contribution in [0.5, 0.6) is 0 Å². The Balaban J connectivity index is 3.16. The molecule has 9 heavy (non-hydrogen) atoms. The van der Waals surface area contributed by atoms with Gasteiger partial charge in [0.2, 0.25) is 0 Å². The van der Waals surface area contributed by atoms with Gasteiger partial charge in [-0.25, -0.2) is 0 Å². The van der Waals surface area contributed by atoms with Crippen LogP contribution in [0.1, 0.15) is 19.8 Å². The fourth-order valence-corrected chi connectivity index (χ4v) is 0.754. The highest BCUT2D eigenvalue weighted by Crippen LogP contribution is 2.05. The molecule has 0 aliphatic rings. The summed E-state index contributed by atoms with van der Waals surface area (Å²) >= 11 is 8.31. The van der Waals surface area contributed by atoms with Crippen molar-refractivity contribution in [2.45, 2.75) is 24.5 Å². The lowest BCUT2D eigenvalue weighted by Crippen LogP contribution is -2.23. The molecular formula is C6H15NS2. The first-order valence-corrected chi connectivity index (χ1v) is 4.28. The molecule has 0 unspecified atom stereocenters. The number of thiol groups is 2. The Morgan fingerprint density at radius 3 is 2.33 bits per heavy atom. The summed E-state index contributed by atoms with van der Waals surface area (Å²) in [5.41, 5.74) is 0. The van der Waals surface area contributed by atoms with Crippen molar-refractivity contribution in [2.24, 2.45) is 0 Å².